The van der Waals surface area contributed by atoms with Gasteiger partial charge in [-0.2, -0.15) is 0 Å². The highest BCUT2D eigenvalue weighted by molar-refractivity contribution is 6.07. The maximum Gasteiger partial charge on any atom is 0.407 e. The number of nitrogens with zero attached hydrogens (tertiary/aromatic N) is 5. The van der Waals surface area contributed by atoms with Gasteiger partial charge in [-0.05, 0) is 66.4 Å². The van der Waals surface area contributed by atoms with Crippen molar-refractivity contribution in [3.8, 4) is 0 Å². The molecule has 3 aromatic rings. The number of alkyl carbamates (subject to hydrolysis) is 1. The van der Waals surface area contributed by atoms with Crippen molar-refractivity contribution in [2.45, 2.75) is 45.8 Å². The number of amides is 4. The molecule has 0 aliphatic rings. The van der Waals surface area contributed by atoms with Crippen molar-refractivity contribution in [1.82, 2.24) is 29.2 Å². The number of rotatable bonds is 14. The molecule has 0 saturated carbocycles. The lowest BCUT2D eigenvalue weighted by Gasteiger charge is -2.19. The first-order chi connectivity index (χ1) is 21.5. The number of anilines is 2. The van der Waals surface area contributed by atoms with Crippen LogP contribution in [0.15, 0.2) is 36.8 Å². The highest BCUT2D eigenvalue weighted by Gasteiger charge is 2.21. The Morgan fingerprint density at radius 1 is 0.826 bits per heavy atom. The SMILES string of the molecule is CN(C)CCCNC(=O)c1cc(NC(=O)c2cc(NC(=O)c3cc([N+](=O)[O-])cn3C)cn2CCCNC(=O)OC(C)(C)C)cn1C. The highest BCUT2D eigenvalue weighted by Crippen LogP contribution is 2.21. The Hall–Kier alpha value is -5.12. The average Bonchev–Trinajstić information content (AvgIpc) is 3.64. The predicted octanol–water partition coefficient (Wildman–Crippen LogP) is 3.17. The van der Waals surface area contributed by atoms with E-state index in [1.807, 2.05) is 19.0 Å². The van der Waals surface area contributed by atoms with Crippen molar-refractivity contribution in [3.63, 3.8) is 0 Å². The predicted molar refractivity (Wildman–Crippen MR) is 172 cm³/mol. The van der Waals surface area contributed by atoms with Crippen molar-refractivity contribution in [3.05, 3.63) is 64.0 Å². The van der Waals surface area contributed by atoms with E-state index in [1.54, 1.807) is 55.4 Å². The first-order valence-corrected chi connectivity index (χ1v) is 14.7. The van der Waals surface area contributed by atoms with Crippen molar-refractivity contribution in [1.29, 1.82) is 0 Å². The summed E-state index contributed by atoms with van der Waals surface area (Å²) in [6.07, 6.45) is 5.07. The summed E-state index contributed by atoms with van der Waals surface area (Å²) in [6.45, 7) is 7.16. The maximum absolute atomic E-state index is 13.5. The summed E-state index contributed by atoms with van der Waals surface area (Å²) in [5.74, 6) is -1.37. The topological polar surface area (TPSA) is 187 Å². The molecular weight excluding hydrogens is 598 g/mol. The van der Waals surface area contributed by atoms with Crippen LogP contribution in [-0.4, -0.2) is 86.7 Å². The third-order valence-electron chi connectivity index (χ3n) is 6.63. The Balaban J connectivity index is 1.75. The smallest absolute Gasteiger partial charge is 0.407 e. The summed E-state index contributed by atoms with van der Waals surface area (Å²) in [5, 5.41) is 22.2. The molecule has 4 N–H and O–H groups in total. The number of nitrogens with one attached hydrogen (secondary N) is 4. The van der Waals surface area contributed by atoms with Gasteiger partial charge in [0.1, 0.15) is 22.7 Å². The minimum Gasteiger partial charge on any atom is -0.444 e. The molecule has 0 bridgehead atoms. The van der Waals surface area contributed by atoms with Gasteiger partial charge in [-0.15, -0.1) is 0 Å². The van der Waals surface area contributed by atoms with E-state index >= 15 is 0 Å². The third-order valence-corrected chi connectivity index (χ3v) is 6.63. The molecule has 0 spiro atoms. The molecule has 3 rings (SSSR count). The molecule has 0 fully saturated rings. The van der Waals surface area contributed by atoms with Crippen LogP contribution in [0.2, 0.25) is 0 Å². The van der Waals surface area contributed by atoms with E-state index in [2.05, 4.69) is 21.3 Å². The van der Waals surface area contributed by atoms with Crippen molar-refractivity contribution < 1.29 is 28.8 Å². The number of nitro groups is 1. The first kappa shape index (κ1) is 35.4. The maximum atomic E-state index is 13.5. The number of carbonyl (C=O) groups is 4. The fourth-order valence-electron chi connectivity index (χ4n) is 4.52. The molecule has 0 atom stereocenters. The van der Waals surface area contributed by atoms with E-state index < -0.39 is 28.4 Å². The average molecular weight is 642 g/mol. The van der Waals surface area contributed by atoms with Gasteiger partial charge >= 0.3 is 6.09 Å². The van der Waals surface area contributed by atoms with Gasteiger partial charge in [-0.3, -0.25) is 24.5 Å². The van der Waals surface area contributed by atoms with Crippen LogP contribution in [0, 0.1) is 10.1 Å². The molecule has 0 aliphatic heterocycles. The monoisotopic (exact) mass is 641 g/mol. The minimum atomic E-state index is -0.647. The molecule has 16 nitrogen and oxygen atoms in total. The quantitative estimate of drug-likeness (QED) is 0.117. The van der Waals surface area contributed by atoms with Crippen LogP contribution in [0.1, 0.15) is 65.1 Å². The van der Waals surface area contributed by atoms with Crippen LogP contribution in [0.5, 0.6) is 0 Å². The van der Waals surface area contributed by atoms with Gasteiger partial charge in [0, 0.05) is 52.2 Å². The Morgan fingerprint density at radius 3 is 2.00 bits per heavy atom. The summed E-state index contributed by atoms with van der Waals surface area (Å²) >= 11 is 0. The van der Waals surface area contributed by atoms with E-state index in [0.29, 0.717) is 30.9 Å². The summed E-state index contributed by atoms with van der Waals surface area (Å²) in [4.78, 5) is 63.8. The minimum absolute atomic E-state index is 0.0591. The van der Waals surface area contributed by atoms with E-state index in [1.165, 1.54) is 23.9 Å². The summed E-state index contributed by atoms with van der Waals surface area (Å²) in [5.41, 5.74) is 0.427. The molecule has 46 heavy (non-hydrogen) atoms. The number of ether oxygens (including phenoxy) is 1. The van der Waals surface area contributed by atoms with Gasteiger partial charge in [-0.25, -0.2) is 4.79 Å². The van der Waals surface area contributed by atoms with Gasteiger partial charge < -0.3 is 44.6 Å². The molecule has 250 valence electrons. The van der Waals surface area contributed by atoms with Gasteiger partial charge in [0.25, 0.3) is 23.4 Å². The van der Waals surface area contributed by atoms with Crippen LogP contribution in [-0.2, 0) is 25.4 Å². The van der Waals surface area contributed by atoms with Crippen LogP contribution in [0.4, 0.5) is 21.9 Å². The van der Waals surface area contributed by atoms with Gasteiger partial charge in [0.15, 0.2) is 0 Å². The molecule has 0 saturated heterocycles. The Kier molecular flexibility index (Phi) is 11.7. The molecule has 3 aromatic heterocycles. The summed E-state index contributed by atoms with van der Waals surface area (Å²) in [7, 11) is 7.13. The van der Waals surface area contributed by atoms with E-state index in [4.69, 9.17) is 4.74 Å². The van der Waals surface area contributed by atoms with E-state index in [0.717, 1.165) is 19.0 Å². The van der Waals surface area contributed by atoms with Crippen molar-refractivity contribution in [2.24, 2.45) is 14.1 Å². The van der Waals surface area contributed by atoms with Crippen molar-refractivity contribution in [2.75, 3.05) is 44.4 Å². The van der Waals surface area contributed by atoms with Gasteiger partial charge in [0.2, 0.25) is 0 Å². The Labute approximate surface area is 267 Å². The molecular formula is C30H43N9O7. The van der Waals surface area contributed by atoms with Gasteiger partial charge in [-0.1, -0.05) is 0 Å². The van der Waals surface area contributed by atoms with Gasteiger partial charge in [0.05, 0.1) is 22.5 Å². The van der Waals surface area contributed by atoms with E-state index in [-0.39, 0.29) is 35.2 Å². The van der Waals surface area contributed by atoms with Crippen LogP contribution in [0.3, 0.4) is 0 Å². The van der Waals surface area contributed by atoms with Crippen LogP contribution in [0.25, 0.3) is 0 Å². The highest BCUT2D eigenvalue weighted by atomic mass is 16.6. The number of carbonyl (C=O) groups excluding carboxylic acids is 4. The fraction of sp³-hybridized carbons (Fsp3) is 0.467. The zero-order valence-electron chi connectivity index (χ0n) is 27.3. The molecule has 4 amide bonds. The largest absolute Gasteiger partial charge is 0.444 e. The zero-order chi connectivity index (χ0) is 34.2. The first-order valence-electron chi connectivity index (χ1n) is 14.7. The molecule has 16 heteroatoms. The van der Waals surface area contributed by atoms with Crippen LogP contribution < -0.4 is 21.3 Å². The molecule has 3 heterocycles. The third kappa shape index (κ3) is 10.2. The molecule has 0 aliphatic carbocycles. The fourth-order valence-corrected chi connectivity index (χ4v) is 4.52. The molecule has 0 radical (unpaired) electrons. The second-order valence-electron chi connectivity index (χ2n) is 12.1. The van der Waals surface area contributed by atoms with Crippen LogP contribution >= 0.6 is 0 Å². The lowest BCUT2D eigenvalue weighted by Crippen LogP contribution is -2.33. The number of hydrogen-bond acceptors (Lipinski definition) is 8. The number of aromatic nitrogens is 3. The second kappa shape index (κ2) is 15.2. The standard InChI is InChI=1S/C30H43N9O7/c1-30(2,3)46-29(43)32-11-9-13-38-18-21(34-27(41)24-16-22(39(44)45)19-37(24)7)15-25(38)28(42)33-20-14-23(36(6)17-20)26(40)31-10-8-12-35(4)5/h14-19H,8-13H2,1-7H3,(H,31,40)(H,32,43)(H,33,42)(H,34,41). The summed E-state index contributed by atoms with van der Waals surface area (Å²) in [6, 6.07) is 4.21. The zero-order valence-corrected chi connectivity index (χ0v) is 27.3. The summed E-state index contributed by atoms with van der Waals surface area (Å²) < 4.78 is 9.83. The van der Waals surface area contributed by atoms with Crippen molar-refractivity contribution >= 4 is 40.9 Å². The molecule has 0 unspecified atom stereocenters. The second-order valence-corrected chi connectivity index (χ2v) is 12.1. The Bertz CT molecular complexity index is 1580. The lowest BCUT2D eigenvalue weighted by molar-refractivity contribution is -0.384. The number of hydrogen-bond donors (Lipinski definition) is 4. The molecule has 0 aromatic carbocycles. The lowest BCUT2D eigenvalue weighted by atomic mass is 10.2. The normalized spacial score (nSPS) is 11.3. The Morgan fingerprint density at radius 2 is 1.39 bits per heavy atom. The van der Waals surface area contributed by atoms with E-state index in [9.17, 15) is 29.3 Å². The number of aryl methyl sites for hydroxylation is 3.